The molecule has 72 valence electrons. The second-order valence-electron chi connectivity index (χ2n) is 3.74. The van der Waals surface area contributed by atoms with E-state index < -0.39 is 0 Å². The molecule has 3 nitrogen and oxygen atoms in total. The van der Waals surface area contributed by atoms with E-state index in [4.69, 9.17) is 0 Å². The van der Waals surface area contributed by atoms with Crippen molar-refractivity contribution >= 4 is 11.2 Å². The van der Waals surface area contributed by atoms with Gasteiger partial charge in [-0.3, -0.25) is 4.98 Å². The smallest absolute Gasteiger partial charge is 0.178 e. The summed E-state index contributed by atoms with van der Waals surface area (Å²) in [6.07, 6.45) is 1.76. The molecule has 0 saturated carbocycles. The largest absolute Gasteiger partial charge is 0.251 e. The molecule has 0 atom stereocenters. The molecule has 0 aromatic carbocycles. The summed E-state index contributed by atoms with van der Waals surface area (Å²) < 4.78 is 0. The Labute approximate surface area is 83.2 Å². The maximum atomic E-state index is 4.46. The quantitative estimate of drug-likeness (QED) is 0.688. The first-order valence-electron chi connectivity index (χ1n) is 4.77. The molecule has 0 N–H and O–H groups in total. The lowest BCUT2D eigenvalue weighted by atomic mass is 10.1. The predicted molar refractivity (Wildman–Crippen MR) is 56.2 cm³/mol. The molecule has 2 aromatic rings. The second-order valence-corrected chi connectivity index (χ2v) is 3.74. The molecule has 0 bridgehead atoms. The molecular formula is C11H13N3. The molecule has 0 radical (unpaired) electrons. The standard InChI is InChI=1S/C11H13N3/c1-7(2)9-4-5-10-11(14-9)13-8(3)6-12-10/h4-7H,1-3H3. The Hall–Kier alpha value is -1.51. The molecule has 14 heavy (non-hydrogen) atoms. The van der Waals surface area contributed by atoms with E-state index in [2.05, 4.69) is 28.8 Å². The number of hydrogen-bond acceptors (Lipinski definition) is 3. The Morgan fingerprint density at radius 2 is 1.93 bits per heavy atom. The topological polar surface area (TPSA) is 38.7 Å². The molecule has 2 aromatic heterocycles. The van der Waals surface area contributed by atoms with Gasteiger partial charge in [0.1, 0.15) is 5.52 Å². The molecular weight excluding hydrogens is 174 g/mol. The zero-order chi connectivity index (χ0) is 10.1. The molecule has 2 rings (SSSR count). The van der Waals surface area contributed by atoms with Crippen LogP contribution in [-0.2, 0) is 0 Å². The van der Waals surface area contributed by atoms with Crippen LogP contribution < -0.4 is 0 Å². The van der Waals surface area contributed by atoms with Gasteiger partial charge in [0.25, 0.3) is 0 Å². The highest BCUT2D eigenvalue weighted by atomic mass is 14.9. The van der Waals surface area contributed by atoms with E-state index in [0.29, 0.717) is 5.92 Å². The summed E-state index contributed by atoms with van der Waals surface area (Å²) >= 11 is 0. The Balaban J connectivity index is 2.63. The van der Waals surface area contributed by atoms with Crippen molar-refractivity contribution in [2.45, 2.75) is 26.7 Å². The number of aryl methyl sites for hydroxylation is 1. The van der Waals surface area contributed by atoms with Gasteiger partial charge in [0, 0.05) is 11.9 Å². The third-order valence-electron chi connectivity index (χ3n) is 2.14. The average molecular weight is 187 g/mol. The van der Waals surface area contributed by atoms with Gasteiger partial charge in [0.05, 0.1) is 5.69 Å². The first-order chi connectivity index (χ1) is 6.66. The van der Waals surface area contributed by atoms with Gasteiger partial charge in [-0.05, 0) is 25.0 Å². The van der Waals surface area contributed by atoms with Crippen molar-refractivity contribution in [3.8, 4) is 0 Å². The summed E-state index contributed by atoms with van der Waals surface area (Å²) in [4.78, 5) is 13.1. The zero-order valence-electron chi connectivity index (χ0n) is 8.65. The fraction of sp³-hybridized carbons (Fsp3) is 0.364. The molecule has 0 spiro atoms. The second kappa shape index (κ2) is 3.33. The predicted octanol–water partition coefficient (Wildman–Crippen LogP) is 2.46. The highest BCUT2D eigenvalue weighted by Gasteiger charge is 2.03. The van der Waals surface area contributed by atoms with Gasteiger partial charge in [0.2, 0.25) is 0 Å². The zero-order valence-corrected chi connectivity index (χ0v) is 8.65. The van der Waals surface area contributed by atoms with E-state index in [1.807, 2.05) is 19.1 Å². The Bertz CT molecular complexity index is 463. The summed E-state index contributed by atoms with van der Waals surface area (Å²) in [7, 11) is 0. The third kappa shape index (κ3) is 1.58. The maximum absolute atomic E-state index is 4.46. The molecule has 0 amide bonds. The summed E-state index contributed by atoms with van der Waals surface area (Å²) in [5.74, 6) is 0.432. The Kier molecular flexibility index (Phi) is 2.15. The van der Waals surface area contributed by atoms with Gasteiger partial charge >= 0.3 is 0 Å². The molecule has 3 heteroatoms. The Morgan fingerprint density at radius 1 is 1.14 bits per heavy atom. The minimum atomic E-state index is 0.432. The van der Waals surface area contributed by atoms with Crippen LogP contribution in [0.4, 0.5) is 0 Å². The van der Waals surface area contributed by atoms with E-state index in [9.17, 15) is 0 Å². The van der Waals surface area contributed by atoms with Crippen molar-refractivity contribution in [2.24, 2.45) is 0 Å². The van der Waals surface area contributed by atoms with Gasteiger partial charge in [-0.25, -0.2) is 9.97 Å². The van der Waals surface area contributed by atoms with Crippen LogP contribution in [0, 0.1) is 6.92 Å². The highest BCUT2D eigenvalue weighted by molar-refractivity contribution is 5.69. The number of nitrogens with zero attached hydrogens (tertiary/aromatic N) is 3. The lowest BCUT2D eigenvalue weighted by Crippen LogP contribution is -1.96. The highest BCUT2D eigenvalue weighted by Crippen LogP contribution is 2.14. The summed E-state index contributed by atoms with van der Waals surface area (Å²) in [5.41, 5.74) is 3.58. The minimum absolute atomic E-state index is 0.432. The molecule has 0 aliphatic rings. The van der Waals surface area contributed by atoms with Gasteiger partial charge in [-0.15, -0.1) is 0 Å². The maximum Gasteiger partial charge on any atom is 0.178 e. The van der Waals surface area contributed by atoms with Crippen molar-refractivity contribution in [3.63, 3.8) is 0 Å². The van der Waals surface area contributed by atoms with Crippen LogP contribution in [-0.4, -0.2) is 15.0 Å². The summed E-state index contributed by atoms with van der Waals surface area (Å²) in [6.45, 7) is 6.17. The monoisotopic (exact) mass is 187 g/mol. The normalized spacial score (nSPS) is 11.1. The molecule has 0 aliphatic carbocycles. The fourth-order valence-electron chi connectivity index (χ4n) is 1.32. The molecule has 0 unspecified atom stereocenters. The van der Waals surface area contributed by atoms with Gasteiger partial charge < -0.3 is 0 Å². The lowest BCUT2D eigenvalue weighted by Gasteiger charge is -2.04. The average Bonchev–Trinajstić information content (AvgIpc) is 2.16. The van der Waals surface area contributed by atoms with E-state index in [0.717, 1.165) is 22.6 Å². The van der Waals surface area contributed by atoms with Crippen molar-refractivity contribution in [3.05, 3.63) is 29.7 Å². The SMILES string of the molecule is Cc1cnc2ccc(C(C)C)nc2n1. The number of rotatable bonds is 1. The van der Waals surface area contributed by atoms with E-state index >= 15 is 0 Å². The van der Waals surface area contributed by atoms with Crippen LogP contribution in [0.3, 0.4) is 0 Å². The van der Waals surface area contributed by atoms with E-state index in [1.54, 1.807) is 6.20 Å². The number of pyridine rings is 1. The molecule has 2 heterocycles. The van der Waals surface area contributed by atoms with Gasteiger partial charge in [-0.1, -0.05) is 13.8 Å². The minimum Gasteiger partial charge on any atom is -0.251 e. The van der Waals surface area contributed by atoms with Crippen LogP contribution in [0.1, 0.15) is 31.2 Å². The summed E-state index contributed by atoms with van der Waals surface area (Å²) in [5, 5.41) is 0. The van der Waals surface area contributed by atoms with E-state index in [1.165, 1.54) is 0 Å². The number of hydrogen-bond donors (Lipinski definition) is 0. The third-order valence-corrected chi connectivity index (χ3v) is 2.14. The lowest BCUT2D eigenvalue weighted by molar-refractivity contribution is 0.826. The molecule has 0 aliphatic heterocycles. The van der Waals surface area contributed by atoms with Crippen molar-refractivity contribution in [1.82, 2.24) is 15.0 Å². The van der Waals surface area contributed by atoms with Crippen LogP contribution in [0.5, 0.6) is 0 Å². The van der Waals surface area contributed by atoms with Crippen LogP contribution in [0.2, 0.25) is 0 Å². The van der Waals surface area contributed by atoms with Crippen LogP contribution in [0.15, 0.2) is 18.3 Å². The Morgan fingerprint density at radius 3 is 2.64 bits per heavy atom. The fourth-order valence-corrected chi connectivity index (χ4v) is 1.32. The van der Waals surface area contributed by atoms with Crippen molar-refractivity contribution in [1.29, 1.82) is 0 Å². The van der Waals surface area contributed by atoms with Gasteiger partial charge in [0.15, 0.2) is 5.65 Å². The van der Waals surface area contributed by atoms with Crippen LogP contribution in [0.25, 0.3) is 11.2 Å². The number of fused-ring (bicyclic) bond motifs is 1. The van der Waals surface area contributed by atoms with Crippen molar-refractivity contribution < 1.29 is 0 Å². The molecule has 0 saturated heterocycles. The summed E-state index contributed by atoms with van der Waals surface area (Å²) in [6, 6.07) is 3.99. The number of aromatic nitrogens is 3. The first-order valence-corrected chi connectivity index (χ1v) is 4.77. The first kappa shape index (κ1) is 9.06. The molecule has 0 fully saturated rings. The van der Waals surface area contributed by atoms with Crippen molar-refractivity contribution in [2.75, 3.05) is 0 Å². The van der Waals surface area contributed by atoms with Crippen LogP contribution >= 0.6 is 0 Å². The van der Waals surface area contributed by atoms with E-state index in [-0.39, 0.29) is 0 Å². The van der Waals surface area contributed by atoms with Gasteiger partial charge in [-0.2, -0.15) is 0 Å².